The Kier molecular flexibility index (Phi) is 3.85. The number of aromatic nitrogens is 1. The first-order chi connectivity index (χ1) is 9.72. The van der Waals surface area contributed by atoms with Crippen molar-refractivity contribution >= 4 is 10.9 Å². The number of nitrogens with zero attached hydrogens (tertiary/aromatic N) is 1. The number of fused-ring (bicyclic) bond motifs is 1. The van der Waals surface area contributed by atoms with Crippen molar-refractivity contribution in [2.45, 2.75) is 26.1 Å². The SMILES string of the molecule is Cc1cc2ccccc2nc1OCC1CNCC(C)O1. The maximum absolute atomic E-state index is 5.86. The molecule has 2 aromatic rings. The molecular weight excluding hydrogens is 252 g/mol. The quantitative estimate of drug-likeness (QED) is 0.931. The van der Waals surface area contributed by atoms with Crippen molar-refractivity contribution < 1.29 is 9.47 Å². The van der Waals surface area contributed by atoms with E-state index >= 15 is 0 Å². The van der Waals surface area contributed by atoms with Crippen LogP contribution < -0.4 is 10.1 Å². The molecule has 1 aliphatic heterocycles. The highest BCUT2D eigenvalue weighted by atomic mass is 16.5. The Labute approximate surface area is 119 Å². The van der Waals surface area contributed by atoms with E-state index in [-0.39, 0.29) is 12.2 Å². The van der Waals surface area contributed by atoms with Crippen molar-refractivity contribution in [3.63, 3.8) is 0 Å². The Morgan fingerprint density at radius 3 is 3.05 bits per heavy atom. The van der Waals surface area contributed by atoms with Crippen LogP contribution in [0.15, 0.2) is 30.3 Å². The molecule has 1 aromatic heterocycles. The summed E-state index contributed by atoms with van der Waals surface area (Å²) >= 11 is 0. The molecule has 2 heterocycles. The van der Waals surface area contributed by atoms with E-state index in [1.54, 1.807) is 0 Å². The third-order valence-corrected chi connectivity index (χ3v) is 3.50. The zero-order valence-electron chi connectivity index (χ0n) is 11.9. The van der Waals surface area contributed by atoms with Crippen LogP contribution in [0.3, 0.4) is 0 Å². The fourth-order valence-electron chi connectivity index (χ4n) is 2.49. The fraction of sp³-hybridized carbons (Fsp3) is 0.438. The Morgan fingerprint density at radius 2 is 2.20 bits per heavy atom. The van der Waals surface area contributed by atoms with Crippen molar-refractivity contribution in [3.05, 3.63) is 35.9 Å². The molecule has 20 heavy (non-hydrogen) atoms. The minimum atomic E-state index is 0.0893. The molecule has 0 aliphatic carbocycles. The molecule has 4 heteroatoms. The molecular formula is C16H20N2O2. The van der Waals surface area contributed by atoms with Crippen LogP contribution in [-0.4, -0.2) is 36.9 Å². The molecule has 1 N–H and O–H groups in total. The average Bonchev–Trinajstić information content (AvgIpc) is 2.45. The molecule has 0 radical (unpaired) electrons. The molecule has 1 saturated heterocycles. The normalized spacial score (nSPS) is 22.9. The van der Waals surface area contributed by atoms with Crippen LogP contribution >= 0.6 is 0 Å². The maximum Gasteiger partial charge on any atom is 0.216 e. The lowest BCUT2D eigenvalue weighted by atomic mass is 10.2. The number of hydrogen-bond donors (Lipinski definition) is 1. The Morgan fingerprint density at radius 1 is 1.35 bits per heavy atom. The number of morpholine rings is 1. The zero-order chi connectivity index (χ0) is 13.9. The first-order valence-corrected chi connectivity index (χ1v) is 7.08. The van der Waals surface area contributed by atoms with Crippen LogP contribution in [-0.2, 0) is 4.74 Å². The van der Waals surface area contributed by atoms with Crippen molar-refractivity contribution in [3.8, 4) is 5.88 Å². The van der Waals surface area contributed by atoms with Crippen LogP contribution in [0.25, 0.3) is 10.9 Å². The van der Waals surface area contributed by atoms with E-state index in [2.05, 4.69) is 29.4 Å². The van der Waals surface area contributed by atoms with Gasteiger partial charge >= 0.3 is 0 Å². The van der Waals surface area contributed by atoms with Gasteiger partial charge in [0.1, 0.15) is 12.7 Å². The van der Waals surface area contributed by atoms with Gasteiger partial charge in [-0.15, -0.1) is 0 Å². The zero-order valence-corrected chi connectivity index (χ0v) is 11.9. The topological polar surface area (TPSA) is 43.4 Å². The summed E-state index contributed by atoms with van der Waals surface area (Å²) in [6.45, 7) is 6.36. The molecule has 4 nitrogen and oxygen atoms in total. The molecule has 2 unspecified atom stereocenters. The molecule has 2 atom stereocenters. The van der Waals surface area contributed by atoms with E-state index in [9.17, 15) is 0 Å². The number of benzene rings is 1. The third-order valence-electron chi connectivity index (χ3n) is 3.50. The number of nitrogens with one attached hydrogen (secondary N) is 1. The van der Waals surface area contributed by atoms with Gasteiger partial charge in [-0.2, -0.15) is 0 Å². The Hall–Kier alpha value is -1.65. The average molecular weight is 272 g/mol. The van der Waals surface area contributed by atoms with Gasteiger partial charge in [-0.25, -0.2) is 4.98 Å². The number of ether oxygens (including phenoxy) is 2. The molecule has 1 fully saturated rings. The van der Waals surface area contributed by atoms with E-state index in [0.29, 0.717) is 12.5 Å². The molecule has 0 bridgehead atoms. The van der Waals surface area contributed by atoms with Crippen LogP contribution in [0.2, 0.25) is 0 Å². The number of rotatable bonds is 3. The van der Waals surface area contributed by atoms with Gasteiger partial charge in [0.2, 0.25) is 5.88 Å². The Balaban J connectivity index is 1.72. The molecule has 0 amide bonds. The summed E-state index contributed by atoms with van der Waals surface area (Å²) < 4.78 is 11.7. The fourth-order valence-corrected chi connectivity index (χ4v) is 2.49. The summed E-state index contributed by atoms with van der Waals surface area (Å²) in [4.78, 5) is 4.58. The van der Waals surface area contributed by atoms with E-state index in [1.807, 2.05) is 25.1 Å². The lowest BCUT2D eigenvalue weighted by Gasteiger charge is -2.28. The van der Waals surface area contributed by atoms with Crippen molar-refractivity contribution in [1.29, 1.82) is 0 Å². The monoisotopic (exact) mass is 272 g/mol. The van der Waals surface area contributed by atoms with Crippen molar-refractivity contribution in [2.24, 2.45) is 0 Å². The molecule has 106 valence electrons. The largest absolute Gasteiger partial charge is 0.475 e. The van der Waals surface area contributed by atoms with Crippen molar-refractivity contribution in [1.82, 2.24) is 10.3 Å². The van der Waals surface area contributed by atoms with Crippen LogP contribution in [0, 0.1) is 6.92 Å². The van der Waals surface area contributed by atoms with Crippen molar-refractivity contribution in [2.75, 3.05) is 19.7 Å². The number of pyridine rings is 1. The smallest absolute Gasteiger partial charge is 0.216 e. The lowest BCUT2D eigenvalue weighted by Crippen LogP contribution is -2.45. The summed E-state index contributed by atoms with van der Waals surface area (Å²) in [5.41, 5.74) is 2.02. The van der Waals surface area contributed by atoms with Crippen LogP contribution in [0.4, 0.5) is 0 Å². The molecule has 0 spiro atoms. The lowest BCUT2D eigenvalue weighted by molar-refractivity contribution is -0.0477. The van der Waals surface area contributed by atoms with Gasteiger partial charge in [0.15, 0.2) is 0 Å². The predicted octanol–water partition coefficient (Wildman–Crippen LogP) is 2.30. The summed E-state index contributed by atoms with van der Waals surface area (Å²) in [5, 5.41) is 4.48. The van der Waals surface area contributed by atoms with Gasteiger partial charge in [0, 0.05) is 24.0 Å². The first-order valence-electron chi connectivity index (χ1n) is 7.08. The van der Waals surface area contributed by atoms with Gasteiger partial charge in [-0.1, -0.05) is 18.2 Å². The Bertz CT molecular complexity index is 600. The summed E-state index contributed by atoms with van der Waals surface area (Å²) in [6, 6.07) is 10.2. The van der Waals surface area contributed by atoms with Gasteiger partial charge in [-0.05, 0) is 26.0 Å². The molecule has 1 aliphatic rings. The van der Waals surface area contributed by atoms with E-state index < -0.39 is 0 Å². The van der Waals surface area contributed by atoms with E-state index in [1.165, 1.54) is 0 Å². The number of para-hydroxylation sites is 1. The summed E-state index contributed by atoms with van der Waals surface area (Å²) in [5.74, 6) is 0.700. The second-order valence-corrected chi connectivity index (χ2v) is 5.34. The maximum atomic E-state index is 5.86. The summed E-state index contributed by atoms with van der Waals surface area (Å²) in [7, 11) is 0. The highest BCUT2D eigenvalue weighted by Gasteiger charge is 2.19. The van der Waals surface area contributed by atoms with Gasteiger partial charge < -0.3 is 14.8 Å². The predicted molar refractivity (Wildman–Crippen MR) is 79.2 cm³/mol. The second-order valence-electron chi connectivity index (χ2n) is 5.34. The molecule has 1 aromatic carbocycles. The second kappa shape index (κ2) is 5.77. The van der Waals surface area contributed by atoms with E-state index in [0.717, 1.165) is 29.6 Å². The van der Waals surface area contributed by atoms with Crippen LogP contribution in [0.1, 0.15) is 12.5 Å². The van der Waals surface area contributed by atoms with Gasteiger partial charge in [-0.3, -0.25) is 0 Å². The van der Waals surface area contributed by atoms with Gasteiger partial charge in [0.25, 0.3) is 0 Å². The van der Waals surface area contributed by atoms with E-state index in [4.69, 9.17) is 9.47 Å². The number of hydrogen-bond acceptors (Lipinski definition) is 4. The molecule has 0 saturated carbocycles. The molecule has 3 rings (SSSR count). The van der Waals surface area contributed by atoms with Crippen LogP contribution in [0.5, 0.6) is 5.88 Å². The first kappa shape index (κ1) is 13.3. The minimum absolute atomic E-state index is 0.0893. The van der Waals surface area contributed by atoms with Gasteiger partial charge in [0.05, 0.1) is 11.6 Å². The standard InChI is InChI=1S/C16H20N2O2/c1-11-7-13-5-3-4-6-15(13)18-16(11)19-10-14-9-17-8-12(2)20-14/h3-7,12,14,17H,8-10H2,1-2H3. The highest BCUT2D eigenvalue weighted by molar-refractivity contribution is 5.79. The highest BCUT2D eigenvalue weighted by Crippen LogP contribution is 2.21. The minimum Gasteiger partial charge on any atom is -0.475 e. The third kappa shape index (κ3) is 2.92. The number of aryl methyl sites for hydroxylation is 1. The summed E-state index contributed by atoms with van der Waals surface area (Å²) in [6.07, 6.45) is 0.328.